The lowest BCUT2D eigenvalue weighted by Gasteiger charge is -2.16. The minimum absolute atomic E-state index is 0.0641. The molecule has 0 amide bonds. The number of ether oxygens (including phenoxy) is 2. The van der Waals surface area contributed by atoms with Crippen LogP contribution in [0.3, 0.4) is 0 Å². The highest BCUT2D eigenvalue weighted by molar-refractivity contribution is 6.28. The molecule has 43 heavy (non-hydrogen) atoms. The molecule has 0 fully saturated rings. The van der Waals surface area contributed by atoms with Crippen molar-refractivity contribution >= 4 is 23.5 Å². The van der Waals surface area contributed by atoms with Gasteiger partial charge in [-0.05, 0) is 42.5 Å². The first-order valence-corrected chi connectivity index (χ1v) is 13.4. The van der Waals surface area contributed by atoms with E-state index in [-0.39, 0.29) is 34.2 Å². The number of aromatic carboxylic acids is 2. The highest BCUT2D eigenvalue weighted by atomic mass is 16.5. The molecule has 0 unspecified atom stereocenters. The highest BCUT2D eigenvalue weighted by Crippen LogP contribution is 2.26. The van der Waals surface area contributed by atoms with E-state index in [9.17, 15) is 19.2 Å². The zero-order chi connectivity index (χ0) is 32.5. The van der Waals surface area contributed by atoms with E-state index in [4.69, 9.17) is 24.8 Å². The molecule has 0 atom stereocenters. The van der Waals surface area contributed by atoms with Crippen LogP contribution in [0, 0.1) is 0 Å². The van der Waals surface area contributed by atoms with Crippen LogP contribution >= 0.6 is 0 Å². The Bertz CT molecular complexity index is 1390. The number of carboxylic acid groups (broad SMARTS) is 2. The lowest BCUT2D eigenvalue weighted by molar-refractivity contribution is 0.0696. The summed E-state index contributed by atoms with van der Waals surface area (Å²) in [4.78, 5) is 45.4. The fourth-order valence-electron chi connectivity index (χ4n) is 3.59. The summed E-state index contributed by atoms with van der Waals surface area (Å²) in [6.07, 6.45) is 0. The van der Waals surface area contributed by atoms with Crippen molar-refractivity contribution in [2.24, 2.45) is 0 Å². The van der Waals surface area contributed by atoms with Gasteiger partial charge in [0.2, 0.25) is 0 Å². The van der Waals surface area contributed by atoms with Gasteiger partial charge in [-0.1, -0.05) is 76.2 Å². The smallest absolute Gasteiger partial charge is 0.335 e. The van der Waals surface area contributed by atoms with Gasteiger partial charge in [-0.15, -0.1) is 0 Å². The lowest BCUT2D eigenvalue weighted by atomic mass is 9.84. The Morgan fingerprint density at radius 2 is 0.860 bits per heavy atom. The number of carboxylic acids is 2. The molecule has 1 aliphatic rings. The van der Waals surface area contributed by atoms with Gasteiger partial charge in [0.25, 0.3) is 0 Å². The summed E-state index contributed by atoms with van der Waals surface area (Å²) >= 11 is 0. The van der Waals surface area contributed by atoms with E-state index < -0.39 is 11.9 Å². The van der Waals surface area contributed by atoms with Crippen LogP contribution in [-0.4, -0.2) is 53.0 Å². The molecule has 0 bridgehead atoms. The molecular formula is C34H36O9. The predicted octanol–water partition coefficient (Wildman–Crippen LogP) is 7.01. The van der Waals surface area contributed by atoms with Crippen molar-refractivity contribution in [3.63, 3.8) is 0 Å². The van der Waals surface area contributed by atoms with E-state index in [0.717, 1.165) is 11.8 Å². The Morgan fingerprint density at radius 1 is 0.535 bits per heavy atom. The van der Waals surface area contributed by atoms with Crippen LogP contribution in [-0.2, 0) is 0 Å². The van der Waals surface area contributed by atoms with E-state index in [0.29, 0.717) is 22.3 Å². The van der Waals surface area contributed by atoms with Crippen molar-refractivity contribution in [3.8, 4) is 17.2 Å². The quantitative estimate of drug-likeness (QED) is 0.202. The minimum atomic E-state index is -1.19. The average Bonchev–Trinajstić information content (AvgIpc) is 3.06. The van der Waals surface area contributed by atoms with Crippen molar-refractivity contribution in [2.45, 2.75) is 27.7 Å². The van der Waals surface area contributed by atoms with E-state index in [1.807, 2.05) is 27.7 Å². The van der Waals surface area contributed by atoms with Crippen molar-refractivity contribution in [1.29, 1.82) is 0 Å². The monoisotopic (exact) mass is 588 g/mol. The molecule has 0 radical (unpaired) electrons. The number of carbonyl (C=O) groups excluding carboxylic acids is 2. The molecule has 3 N–H and O–H groups in total. The Morgan fingerprint density at radius 3 is 1.14 bits per heavy atom. The second kappa shape index (κ2) is 18.1. The Balaban J connectivity index is 0.000000315. The molecule has 0 aromatic heterocycles. The third kappa shape index (κ3) is 9.86. The van der Waals surface area contributed by atoms with Crippen LogP contribution in [0.15, 0.2) is 91.0 Å². The SMILES string of the molecule is CC.CC.COc1cc(C(=O)O)cc(C(=O)O)c1.COc1ccc(O)cc1.O=C1c2ccccc2C(=O)c2ccccc21. The van der Waals surface area contributed by atoms with Gasteiger partial charge in [-0.3, -0.25) is 9.59 Å². The molecule has 9 nitrogen and oxygen atoms in total. The molecule has 226 valence electrons. The van der Waals surface area contributed by atoms with Gasteiger partial charge in [0.05, 0.1) is 25.3 Å². The van der Waals surface area contributed by atoms with E-state index in [1.54, 1.807) is 79.9 Å². The maximum atomic E-state index is 12.1. The zero-order valence-corrected chi connectivity index (χ0v) is 25.0. The van der Waals surface area contributed by atoms with Crippen LogP contribution in [0.4, 0.5) is 0 Å². The number of phenols is 1. The normalized spacial score (nSPS) is 10.2. The van der Waals surface area contributed by atoms with Crippen molar-refractivity contribution < 1.29 is 44.0 Å². The van der Waals surface area contributed by atoms with E-state index in [1.165, 1.54) is 19.2 Å². The number of hydrogen-bond donors (Lipinski definition) is 3. The van der Waals surface area contributed by atoms with E-state index >= 15 is 0 Å². The Labute approximate surface area is 251 Å². The highest BCUT2D eigenvalue weighted by Gasteiger charge is 2.28. The fraction of sp³-hybridized carbons (Fsp3) is 0.176. The number of methoxy groups -OCH3 is 2. The third-order valence-corrected chi connectivity index (χ3v) is 5.54. The van der Waals surface area contributed by atoms with Crippen LogP contribution in [0.25, 0.3) is 0 Å². The van der Waals surface area contributed by atoms with Crippen LogP contribution in [0.2, 0.25) is 0 Å². The van der Waals surface area contributed by atoms with E-state index in [2.05, 4.69) is 0 Å². The number of fused-ring (bicyclic) bond motifs is 2. The summed E-state index contributed by atoms with van der Waals surface area (Å²) < 4.78 is 9.63. The Hall–Kier alpha value is -5.44. The molecule has 0 aliphatic heterocycles. The van der Waals surface area contributed by atoms with Crippen molar-refractivity contribution in [2.75, 3.05) is 14.2 Å². The van der Waals surface area contributed by atoms with Crippen LogP contribution < -0.4 is 9.47 Å². The van der Waals surface area contributed by atoms with Gasteiger partial charge in [0.15, 0.2) is 11.6 Å². The molecule has 4 aromatic rings. The van der Waals surface area contributed by atoms with Gasteiger partial charge in [-0.25, -0.2) is 9.59 Å². The van der Waals surface area contributed by atoms with Crippen LogP contribution in [0.5, 0.6) is 17.2 Å². The molecule has 4 aromatic carbocycles. The summed E-state index contributed by atoms with van der Waals surface area (Å²) in [6, 6.07) is 24.1. The third-order valence-electron chi connectivity index (χ3n) is 5.54. The maximum absolute atomic E-state index is 12.1. The first kappa shape index (κ1) is 35.6. The number of rotatable bonds is 4. The number of hydrogen-bond acceptors (Lipinski definition) is 7. The second-order valence-corrected chi connectivity index (χ2v) is 8.01. The molecule has 0 saturated carbocycles. The summed E-state index contributed by atoms with van der Waals surface area (Å²) in [6.45, 7) is 8.00. The number of aromatic hydroxyl groups is 1. The second-order valence-electron chi connectivity index (χ2n) is 8.01. The first-order chi connectivity index (χ1) is 20.7. The fourth-order valence-corrected chi connectivity index (χ4v) is 3.59. The van der Waals surface area contributed by atoms with Gasteiger partial charge in [-0.2, -0.15) is 0 Å². The molecule has 0 saturated heterocycles. The maximum Gasteiger partial charge on any atom is 0.335 e. The van der Waals surface area contributed by atoms with Gasteiger partial charge < -0.3 is 24.8 Å². The largest absolute Gasteiger partial charge is 0.508 e. The number of ketones is 2. The average molecular weight is 589 g/mol. The summed E-state index contributed by atoms with van der Waals surface area (Å²) in [5.74, 6) is -1.28. The number of carbonyl (C=O) groups is 4. The number of benzene rings is 4. The summed E-state index contributed by atoms with van der Waals surface area (Å²) in [7, 11) is 2.93. The zero-order valence-electron chi connectivity index (χ0n) is 25.0. The predicted molar refractivity (Wildman–Crippen MR) is 164 cm³/mol. The van der Waals surface area contributed by atoms with Crippen molar-refractivity contribution in [3.05, 3.63) is 124 Å². The molecule has 5 rings (SSSR count). The molecule has 9 heteroatoms. The number of phenolic OH excluding ortho intramolecular Hbond substituents is 1. The Kier molecular flexibility index (Phi) is 15.0. The first-order valence-electron chi connectivity index (χ1n) is 13.4. The lowest BCUT2D eigenvalue weighted by Crippen LogP contribution is -2.20. The molecular weight excluding hydrogens is 552 g/mol. The molecule has 1 aliphatic carbocycles. The summed E-state index contributed by atoms with van der Waals surface area (Å²) in [5, 5.41) is 26.1. The van der Waals surface area contributed by atoms with Gasteiger partial charge in [0.1, 0.15) is 17.2 Å². The minimum Gasteiger partial charge on any atom is -0.508 e. The van der Waals surface area contributed by atoms with Gasteiger partial charge in [0, 0.05) is 22.3 Å². The molecule has 0 heterocycles. The standard InChI is InChI=1S/C14H8O2.C9H8O5.C7H8O2.2C2H6/c15-13-9-5-1-2-6-10(9)14(16)12-8-4-3-7-11(12)13;1-14-7-3-5(8(10)11)2-6(4-7)9(12)13;1-9-7-4-2-6(8)3-5-7;2*1-2/h1-8H;2-4H,1H3,(H,10,11)(H,12,13);2-5,8H,1H3;2*1-2H3. The van der Waals surface area contributed by atoms with Crippen molar-refractivity contribution in [1.82, 2.24) is 0 Å². The van der Waals surface area contributed by atoms with Crippen LogP contribution in [0.1, 0.15) is 80.3 Å². The van der Waals surface area contributed by atoms with Gasteiger partial charge >= 0.3 is 11.9 Å². The topological polar surface area (TPSA) is 147 Å². The molecule has 0 spiro atoms. The summed E-state index contributed by atoms with van der Waals surface area (Å²) in [5.41, 5.74) is 1.80.